The molecule has 260 valence electrons. The lowest BCUT2D eigenvalue weighted by Crippen LogP contribution is -1.96. The Morgan fingerprint density at radius 1 is 0.304 bits per heavy atom. The number of pyridine rings is 1. The molecule has 9 aromatic carbocycles. The Hall–Kier alpha value is -7.49. The lowest BCUT2D eigenvalue weighted by molar-refractivity contribution is 1.18. The maximum atomic E-state index is 5.23. The number of fused-ring (bicyclic) bond motifs is 1. The van der Waals surface area contributed by atoms with Crippen molar-refractivity contribution in [3.63, 3.8) is 0 Å². The Balaban J connectivity index is 1.05. The summed E-state index contributed by atoms with van der Waals surface area (Å²) in [4.78, 5) is 14.8. The van der Waals surface area contributed by atoms with Crippen LogP contribution in [0, 0.1) is 0 Å². The number of hydrogen-bond acceptors (Lipinski definition) is 3. The van der Waals surface area contributed by atoms with E-state index in [9.17, 15) is 0 Å². The van der Waals surface area contributed by atoms with Crippen LogP contribution in [0.4, 0.5) is 0 Å². The summed E-state index contributed by atoms with van der Waals surface area (Å²) in [5.41, 5.74) is 11.8. The average Bonchev–Trinajstić information content (AvgIpc) is 3.28. The fraction of sp³-hybridized carbons (Fsp3) is 0. The summed E-state index contributed by atoms with van der Waals surface area (Å²) in [5.74, 6) is 0.688. The van der Waals surface area contributed by atoms with Gasteiger partial charge in [-0.05, 0) is 101 Å². The molecule has 0 radical (unpaired) electrons. The summed E-state index contributed by atoms with van der Waals surface area (Å²) in [7, 11) is 0. The van der Waals surface area contributed by atoms with Crippen molar-refractivity contribution >= 4 is 43.1 Å². The van der Waals surface area contributed by atoms with Crippen LogP contribution in [0.1, 0.15) is 0 Å². The molecule has 3 nitrogen and oxygen atoms in total. The quantitative estimate of drug-likeness (QED) is 0.161. The maximum Gasteiger partial charge on any atom is 0.160 e. The van der Waals surface area contributed by atoms with Crippen molar-refractivity contribution in [1.82, 2.24) is 15.0 Å². The van der Waals surface area contributed by atoms with E-state index in [1.807, 2.05) is 18.3 Å². The Bertz CT molecular complexity index is 3240. The van der Waals surface area contributed by atoms with E-state index in [2.05, 4.69) is 181 Å². The van der Waals surface area contributed by atoms with Crippen LogP contribution >= 0.6 is 0 Å². The number of rotatable bonds is 6. The first-order chi connectivity index (χ1) is 27.7. The van der Waals surface area contributed by atoms with Crippen molar-refractivity contribution in [2.24, 2.45) is 0 Å². The summed E-state index contributed by atoms with van der Waals surface area (Å²) >= 11 is 0. The van der Waals surface area contributed by atoms with Crippen molar-refractivity contribution in [2.45, 2.75) is 0 Å². The van der Waals surface area contributed by atoms with Crippen molar-refractivity contribution in [3.8, 4) is 67.3 Å². The second-order valence-electron chi connectivity index (χ2n) is 14.4. The normalized spacial score (nSPS) is 11.6. The third-order valence-corrected chi connectivity index (χ3v) is 11.1. The van der Waals surface area contributed by atoms with Crippen molar-refractivity contribution in [3.05, 3.63) is 200 Å². The van der Waals surface area contributed by atoms with Gasteiger partial charge in [0.15, 0.2) is 5.82 Å². The topological polar surface area (TPSA) is 38.7 Å². The molecular formula is C53H33N3. The first-order valence-corrected chi connectivity index (χ1v) is 19.0. The minimum atomic E-state index is 0.688. The van der Waals surface area contributed by atoms with Gasteiger partial charge in [0.1, 0.15) is 0 Å². The molecule has 0 saturated carbocycles. The molecule has 0 spiro atoms. The van der Waals surface area contributed by atoms with Gasteiger partial charge in [-0.2, -0.15) is 0 Å². The first-order valence-electron chi connectivity index (χ1n) is 19.0. The van der Waals surface area contributed by atoms with Crippen LogP contribution in [0.3, 0.4) is 0 Å². The van der Waals surface area contributed by atoms with Crippen molar-refractivity contribution in [1.29, 1.82) is 0 Å². The van der Waals surface area contributed by atoms with Gasteiger partial charge in [0.05, 0.1) is 11.4 Å². The molecule has 0 fully saturated rings. The summed E-state index contributed by atoms with van der Waals surface area (Å²) in [5, 5.41) is 10.1. The van der Waals surface area contributed by atoms with E-state index in [0.717, 1.165) is 44.8 Å². The molecule has 0 N–H and O–H groups in total. The molecule has 0 atom stereocenters. The molecular weight excluding hydrogens is 679 g/mol. The summed E-state index contributed by atoms with van der Waals surface area (Å²) in [6, 6.07) is 67.3. The minimum Gasteiger partial charge on any atom is -0.264 e. The number of aromatic nitrogens is 3. The largest absolute Gasteiger partial charge is 0.264 e. The third-order valence-electron chi connectivity index (χ3n) is 11.1. The molecule has 3 heteroatoms. The van der Waals surface area contributed by atoms with E-state index in [4.69, 9.17) is 9.97 Å². The van der Waals surface area contributed by atoms with Crippen LogP contribution in [0.2, 0.25) is 0 Å². The van der Waals surface area contributed by atoms with E-state index in [1.54, 1.807) is 6.20 Å². The van der Waals surface area contributed by atoms with Crippen LogP contribution in [-0.2, 0) is 0 Å². The molecule has 56 heavy (non-hydrogen) atoms. The highest BCUT2D eigenvalue weighted by Gasteiger charge is 2.17. The lowest BCUT2D eigenvalue weighted by Gasteiger charge is -2.17. The Labute approximate surface area is 324 Å². The zero-order chi connectivity index (χ0) is 37.0. The molecule has 0 saturated heterocycles. The fourth-order valence-corrected chi connectivity index (χ4v) is 8.36. The average molecular weight is 712 g/mol. The van der Waals surface area contributed by atoms with Crippen LogP contribution in [-0.4, -0.2) is 15.0 Å². The van der Waals surface area contributed by atoms with E-state index < -0.39 is 0 Å². The number of hydrogen-bond donors (Lipinski definition) is 0. The van der Waals surface area contributed by atoms with Crippen molar-refractivity contribution in [2.75, 3.05) is 0 Å². The van der Waals surface area contributed by atoms with Crippen molar-refractivity contribution < 1.29 is 0 Å². The first kappa shape index (κ1) is 32.0. The van der Waals surface area contributed by atoms with Crippen LogP contribution in [0.25, 0.3) is 110 Å². The monoisotopic (exact) mass is 711 g/mol. The van der Waals surface area contributed by atoms with Gasteiger partial charge in [-0.1, -0.05) is 158 Å². The molecule has 2 heterocycles. The van der Waals surface area contributed by atoms with E-state index >= 15 is 0 Å². The summed E-state index contributed by atoms with van der Waals surface area (Å²) < 4.78 is 0. The highest BCUT2D eigenvalue weighted by Crippen LogP contribution is 2.43. The minimum absolute atomic E-state index is 0.688. The molecule has 0 aliphatic heterocycles. The molecule has 11 rings (SSSR count). The Kier molecular flexibility index (Phi) is 7.49. The number of nitrogens with zero attached hydrogens (tertiary/aromatic N) is 3. The SMILES string of the molecule is c1ccc(-c2cc(-c3cccc(-c4cccnc4)c3)nc(-c3cccc(-c4ccc5ccc6c(-c7ccc8ccccc8c7)ccc7ccc4c5c76)c3)n2)cc1. The summed E-state index contributed by atoms with van der Waals surface area (Å²) in [6.45, 7) is 0. The second-order valence-corrected chi connectivity index (χ2v) is 14.4. The van der Waals surface area contributed by atoms with Gasteiger partial charge in [0.2, 0.25) is 0 Å². The summed E-state index contributed by atoms with van der Waals surface area (Å²) in [6.07, 6.45) is 3.70. The highest BCUT2D eigenvalue weighted by molar-refractivity contribution is 6.27. The predicted molar refractivity (Wildman–Crippen MR) is 234 cm³/mol. The fourth-order valence-electron chi connectivity index (χ4n) is 8.36. The molecule has 0 bridgehead atoms. The lowest BCUT2D eigenvalue weighted by atomic mass is 9.87. The smallest absolute Gasteiger partial charge is 0.160 e. The van der Waals surface area contributed by atoms with Gasteiger partial charge in [0, 0.05) is 34.6 Å². The number of benzene rings is 9. The molecule has 0 aliphatic carbocycles. The Morgan fingerprint density at radius 3 is 1.59 bits per heavy atom. The van der Waals surface area contributed by atoms with Gasteiger partial charge < -0.3 is 0 Å². The zero-order valence-electron chi connectivity index (χ0n) is 30.4. The maximum absolute atomic E-state index is 5.23. The van der Waals surface area contributed by atoms with Gasteiger partial charge in [-0.25, -0.2) is 9.97 Å². The Morgan fingerprint density at radius 2 is 0.857 bits per heavy atom. The van der Waals surface area contributed by atoms with Gasteiger partial charge >= 0.3 is 0 Å². The molecule has 0 amide bonds. The van der Waals surface area contributed by atoms with Gasteiger partial charge in [-0.3, -0.25) is 4.98 Å². The molecule has 0 unspecified atom stereocenters. The standard InChI is InChI=1S/C53H33N3/c1-2-10-35(11-3-1)49-32-50(42-15-6-13-39(30-42)44-17-8-28-54-33-44)56-53(55-49)43-16-7-14-40(31-43)45-24-20-36-23-27-48-46(25-21-37-22-26-47(45)51(36)52(37)48)41-19-18-34-9-4-5-12-38(34)29-41/h1-33H. The predicted octanol–water partition coefficient (Wildman–Crippen LogP) is 13.9. The van der Waals surface area contributed by atoms with Crippen LogP contribution < -0.4 is 0 Å². The third kappa shape index (κ3) is 5.49. The van der Waals surface area contributed by atoms with E-state index in [-0.39, 0.29) is 0 Å². The highest BCUT2D eigenvalue weighted by atomic mass is 14.9. The molecule has 0 aliphatic rings. The second kappa shape index (κ2) is 13.1. The van der Waals surface area contributed by atoms with E-state index in [0.29, 0.717) is 5.82 Å². The van der Waals surface area contributed by atoms with Crippen LogP contribution in [0.5, 0.6) is 0 Å². The van der Waals surface area contributed by atoms with Crippen LogP contribution in [0.15, 0.2) is 200 Å². The molecule has 2 aromatic heterocycles. The van der Waals surface area contributed by atoms with Gasteiger partial charge in [-0.15, -0.1) is 0 Å². The van der Waals surface area contributed by atoms with Gasteiger partial charge in [0.25, 0.3) is 0 Å². The zero-order valence-corrected chi connectivity index (χ0v) is 30.4. The van der Waals surface area contributed by atoms with E-state index in [1.165, 1.54) is 59.8 Å². The molecule has 11 aromatic rings.